The van der Waals surface area contributed by atoms with Crippen LogP contribution in [-0.2, 0) is 0 Å². The fourth-order valence-electron chi connectivity index (χ4n) is 3.59. The van der Waals surface area contributed by atoms with Gasteiger partial charge >= 0.3 is 0 Å². The molecular weight excluding hydrogens is 194 g/mol. The van der Waals surface area contributed by atoms with Gasteiger partial charge in [0.15, 0.2) is 0 Å². The topological polar surface area (TPSA) is 12.0 Å². The second-order valence-electron chi connectivity index (χ2n) is 6.68. The molecule has 0 aliphatic heterocycles. The molecular formula is C15H29N. The zero-order chi connectivity index (χ0) is 11.6. The fraction of sp³-hybridized carbons (Fsp3) is 1.00. The highest BCUT2D eigenvalue weighted by Gasteiger charge is 2.37. The van der Waals surface area contributed by atoms with Gasteiger partial charge in [-0.2, -0.15) is 0 Å². The molecule has 1 atom stereocenters. The Bertz CT molecular complexity index is 205. The summed E-state index contributed by atoms with van der Waals surface area (Å²) in [5, 5.41) is 3.82. The summed E-state index contributed by atoms with van der Waals surface area (Å²) in [5.74, 6) is 0.766. The standard InChI is InChI=1S/C15H29N/c1-12(2)13(3)16-14-6-10-15(11-7-14)8-4-5-9-15/h12-14,16H,4-11H2,1-3H3. The molecule has 0 bridgehead atoms. The normalized spacial score (nSPS) is 27.8. The van der Waals surface area contributed by atoms with Crippen LogP contribution < -0.4 is 5.32 Å². The van der Waals surface area contributed by atoms with E-state index < -0.39 is 0 Å². The van der Waals surface area contributed by atoms with Crippen LogP contribution in [0.2, 0.25) is 0 Å². The third kappa shape index (κ3) is 2.80. The van der Waals surface area contributed by atoms with Gasteiger partial charge in [-0.05, 0) is 56.8 Å². The van der Waals surface area contributed by atoms with E-state index in [0.29, 0.717) is 6.04 Å². The highest BCUT2D eigenvalue weighted by atomic mass is 14.9. The molecule has 16 heavy (non-hydrogen) atoms. The Morgan fingerprint density at radius 2 is 1.50 bits per heavy atom. The lowest BCUT2D eigenvalue weighted by Crippen LogP contribution is -2.43. The second kappa shape index (κ2) is 5.08. The molecule has 0 saturated heterocycles. The van der Waals surface area contributed by atoms with Gasteiger partial charge in [0.25, 0.3) is 0 Å². The SMILES string of the molecule is CC(C)C(C)NC1CCC2(CCCC2)CC1. The molecule has 0 aromatic heterocycles. The average Bonchev–Trinajstić information content (AvgIpc) is 2.70. The van der Waals surface area contributed by atoms with E-state index in [9.17, 15) is 0 Å². The molecule has 2 saturated carbocycles. The zero-order valence-corrected chi connectivity index (χ0v) is 11.4. The van der Waals surface area contributed by atoms with E-state index in [1.165, 1.54) is 51.4 Å². The van der Waals surface area contributed by atoms with Crippen LogP contribution in [0.5, 0.6) is 0 Å². The van der Waals surface area contributed by atoms with Crippen molar-refractivity contribution in [3.8, 4) is 0 Å². The number of hydrogen-bond donors (Lipinski definition) is 1. The van der Waals surface area contributed by atoms with Crippen molar-refractivity contribution in [2.45, 2.75) is 84.2 Å². The van der Waals surface area contributed by atoms with Crippen LogP contribution in [0.15, 0.2) is 0 Å². The molecule has 1 unspecified atom stereocenters. The molecule has 2 aliphatic carbocycles. The lowest BCUT2D eigenvalue weighted by atomic mass is 9.71. The fourth-order valence-corrected chi connectivity index (χ4v) is 3.59. The summed E-state index contributed by atoms with van der Waals surface area (Å²) < 4.78 is 0. The molecule has 1 nitrogen and oxygen atoms in total. The van der Waals surface area contributed by atoms with Crippen LogP contribution >= 0.6 is 0 Å². The van der Waals surface area contributed by atoms with Gasteiger partial charge in [0, 0.05) is 12.1 Å². The van der Waals surface area contributed by atoms with E-state index in [-0.39, 0.29) is 0 Å². The summed E-state index contributed by atoms with van der Waals surface area (Å²) >= 11 is 0. The maximum Gasteiger partial charge on any atom is 0.00700 e. The molecule has 0 heterocycles. The first-order valence-electron chi connectivity index (χ1n) is 7.37. The van der Waals surface area contributed by atoms with Crippen molar-refractivity contribution < 1.29 is 0 Å². The molecule has 0 radical (unpaired) electrons. The minimum atomic E-state index is 0.683. The first-order valence-corrected chi connectivity index (χ1v) is 7.37. The summed E-state index contributed by atoms with van der Waals surface area (Å²) in [7, 11) is 0. The minimum absolute atomic E-state index is 0.683. The molecule has 0 aromatic rings. The molecule has 1 spiro atoms. The Balaban J connectivity index is 1.76. The Labute approximate surface area is 101 Å². The third-order valence-corrected chi connectivity index (χ3v) is 5.21. The molecule has 1 heteroatoms. The van der Waals surface area contributed by atoms with Crippen molar-refractivity contribution >= 4 is 0 Å². The van der Waals surface area contributed by atoms with E-state index in [4.69, 9.17) is 0 Å². The van der Waals surface area contributed by atoms with E-state index in [2.05, 4.69) is 26.1 Å². The summed E-state index contributed by atoms with van der Waals surface area (Å²) in [6, 6.07) is 1.49. The lowest BCUT2D eigenvalue weighted by Gasteiger charge is -2.39. The number of hydrogen-bond acceptors (Lipinski definition) is 1. The molecule has 2 aliphatic rings. The summed E-state index contributed by atoms with van der Waals surface area (Å²) in [5.41, 5.74) is 0.791. The van der Waals surface area contributed by atoms with Crippen molar-refractivity contribution in [1.82, 2.24) is 5.32 Å². The Kier molecular flexibility index (Phi) is 3.94. The monoisotopic (exact) mass is 223 g/mol. The molecule has 1 N–H and O–H groups in total. The van der Waals surface area contributed by atoms with Crippen molar-refractivity contribution in [3.63, 3.8) is 0 Å². The molecule has 0 aromatic carbocycles. The van der Waals surface area contributed by atoms with E-state index in [1.54, 1.807) is 0 Å². The Hall–Kier alpha value is -0.0400. The predicted octanol–water partition coefficient (Wildman–Crippen LogP) is 4.12. The van der Waals surface area contributed by atoms with Gasteiger partial charge in [0.2, 0.25) is 0 Å². The average molecular weight is 223 g/mol. The van der Waals surface area contributed by atoms with Gasteiger partial charge in [0.1, 0.15) is 0 Å². The smallest absolute Gasteiger partial charge is 0.00700 e. The van der Waals surface area contributed by atoms with E-state index in [0.717, 1.165) is 17.4 Å². The third-order valence-electron chi connectivity index (χ3n) is 5.21. The number of nitrogens with one attached hydrogen (secondary N) is 1. The number of rotatable bonds is 3. The van der Waals surface area contributed by atoms with Gasteiger partial charge < -0.3 is 5.32 Å². The quantitative estimate of drug-likeness (QED) is 0.759. The second-order valence-corrected chi connectivity index (χ2v) is 6.68. The van der Waals surface area contributed by atoms with Crippen LogP contribution in [0.4, 0.5) is 0 Å². The first kappa shape index (κ1) is 12.4. The summed E-state index contributed by atoms with van der Waals surface area (Å²) in [6.45, 7) is 6.97. The van der Waals surface area contributed by atoms with Crippen molar-refractivity contribution in [3.05, 3.63) is 0 Å². The molecule has 2 fully saturated rings. The highest BCUT2D eigenvalue weighted by molar-refractivity contribution is 4.91. The molecule has 2 rings (SSSR count). The lowest BCUT2D eigenvalue weighted by molar-refractivity contribution is 0.159. The van der Waals surface area contributed by atoms with Crippen molar-refractivity contribution in [1.29, 1.82) is 0 Å². The van der Waals surface area contributed by atoms with E-state index in [1.807, 2.05) is 0 Å². The van der Waals surface area contributed by atoms with Crippen LogP contribution in [0.1, 0.15) is 72.1 Å². The maximum atomic E-state index is 3.82. The summed E-state index contributed by atoms with van der Waals surface area (Å²) in [6.07, 6.45) is 11.9. The van der Waals surface area contributed by atoms with Crippen molar-refractivity contribution in [2.75, 3.05) is 0 Å². The van der Waals surface area contributed by atoms with Gasteiger partial charge in [-0.25, -0.2) is 0 Å². The maximum absolute atomic E-state index is 3.82. The van der Waals surface area contributed by atoms with Gasteiger partial charge in [0.05, 0.1) is 0 Å². The van der Waals surface area contributed by atoms with Crippen molar-refractivity contribution in [2.24, 2.45) is 11.3 Å². The zero-order valence-electron chi connectivity index (χ0n) is 11.4. The van der Waals surface area contributed by atoms with Crippen LogP contribution in [0, 0.1) is 11.3 Å². The van der Waals surface area contributed by atoms with Crippen LogP contribution in [0.3, 0.4) is 0 Å². The van der Waals surface area contributed by atoms with Crippen LogP contribution in [0.25, 0.3) is 0 Å². The van der Waals surface area contributed by atoms with Crippen LogP contribution in [-0.4, -0.2) is 12.1 Å². The minimum Gasteiger partial charge on any atom is -0.311 e. The molecule has 0 amide bonds. The van der Waals surface area contributed by atoms with Gasteiger partial charge in [-0.3, -0.25) is 0 Å². The highest BCUT2D eigenvalue weighted by Crippen LogP contribution is 2.48. The summed E-state index contributed by atoms with van der Waals surface area (Å²) in [4.78, 5) is 0. The van der Waals surface area contributed by atoms with Gasteiger partial charge in [-0.1, -0.05) is 26.7 Å². The van der Waals surface area contributed by atoms with E-state index >= 15 is 0 Å². The Morgan fingerprint density at radius 3 is 2.00 bits per heavy atom. The van der Waals surface area contributed by atoms with Gasteiger partial charge in [-0.15, -0.1) is 0 Å². The first-order chi connectivity index (χ1) is 7.61. The molecule has 94 valence electrons. The Morgan fingerprint density at radius 1 is 0.938 bits per heavy atom. The predicted molar refractivity (Wildman–Crippen MR) is 70.6 cm³/mol. The largest absolute Gasteiger partial charge is 0.311 e.